The van der Waals surface area contributed by atoms with Gasteiger partial charge >= 0.3 is 0 Å². The first-order valence-corrected chi connectivity index (χ1v) is 8.93. The van der Waals surface area contributed by atoms with Crippen LogP contribution in [-0.4, -0.2) is 47.5 Å². The SMILES string of the molecule is CNC(=O)[C@H](O)CNC(=O)c1c(C)[nH]c(C=C2C(=O)Nc3ccc(F)cc32)c1C. The number of amides is 3. The standard InChI is InChI=1S/C20H21FN4O4/c1-9-15(7-13-12-6-11(21)4-5-14(12)25-18(13)27)24-10(2)17(9)20(29)23-8-16(26)19(28)22-3/h4-7,16,24,26H,8H2,1-3H3,(H,22,28)(H,23,29)(H,25,27)/t16-/m1/s1. The summed E-state index contributed by atoms with van der Waals surface area (Å²) in [5.41, 5.74) is 3.26. The minimum Gasteiger partial charge on any atom is -0.381 e. The van der Waals surface area contributed by atoms with Gasteiger partial charge in [0.05, 0.1) is 17.7 Å². The maximum Gasteiger partial charge on any atom is 0.256 e. The molecule has 0 aliphatic carbocycles. The van der Waals surface area contributed by atoms with Crippen molar-refractivity contribution in [1.82, 2.24) is 15.6 Å². The zero-order chi connectivity index (χ0) is 21.3. The minimum atomic E-state index is -1.36. The Labute approximate surface area is 166 Å². The van der Waals surface area contributed by atoms with E-state index in [1.165, 1.54) is 25.2 Å². The van der Waals surface area contributed by atoms with Crippen molar-refractivity contribution in [3.05, 3.63) is 52.1 Å². The number of hydrogen-bond acceptors (Lipinski definition) is 4. The molecule has 152 valence electrons. The van der Waals surface area contributed by atoms with E-state index >= 15 is 0 Å². The summed E-state index contributed by atoms with van der Waals surface area (Å²) in [6, 6.07) is 4.03. The molecule has 0 unspecified atom stereocenters. The molecule has 3 rings (SSSR count). The zero-order valence-corrected chi connectivity index (χ0v) is 16.1. The quantitative estimate of drug-likeness (QED) is 0.482. The van der Waals surface area contributed by atoms with E-state index in [0.717, 1.165) is 0 Å². The van der Waals surface area contributed by atoms with Crippen LogP contribution in [0.15, 0.2) is 18.2 Å². The number of aryl methyl sites for hydroxylation is 1. The van der Waals surface area contributed by atoms with E-state index < -0.39 is 23.7 Å². The van der Waals surface area contributed by atoms with Crippen LogP contribution in [0.3, 0.4) is 0 Å². The number of H-pyrrole nitrogens is 1. The third kappa shape index (κ3) is 3.90. The molecule has 0 saturated carbocycles. The molecule has 1 aliphatic heterocycles. The molecule has 2 heterocycles. The fourth-order valence-corrected chi connectivity index (χ4v) is 3.24. The number of halogens is 1. The third-order valence-electron chi connectivity index (χ3n) is 4.76. The van der Waals surface area contributed by atoms with Crippen LogP contribution in [0.25, 0.3) is 11.6 Å². The average molecular weight is 400 g/mol. The van der Waals surface area contributed by atoms with Crippen molar-refractivity contribution in [2.45, 2.75) is 20.0 Å². The molecule has 8 nitrogen and oxygen atoms in total. The molecule has 5 N–H and O–H groups in total. The number of anilines is 1. The molecule has 1 aromatic carbocycles. The molecule has 1 atom stereocenters. The van der Waals surface area contributed by atoms with Gasteiger partial charge in [0.25, 0.3) is 11.8 Å². The summed E-state index contributed by atoms with van der Waals surface area (Å²) in [6.07, 6.45) is 0.206. The van der Waals surface area contributed by atoms with Gasteiger partial charge < -0.3 is 26.0 Å². The van der Waals surface area contributed by atoms with E-state index in [4.69, 9.17) is 0 Å². The largest absolute Gasteiger partial charge is 0.381 e. The summed E-state index contributed by atoms with van der Waals surface area (Å²) in [7, 11) is 1.39. The van der Waals surface area contributed by atoms with Gasteiger partial charge in [-0.05, 0) is 43.7 Å². The number of carbonyl (C=O) groups is 3. The minimum absolute atomic E-state index is 0.242. The van der Waals surface area contributed by atoms with Gasteiger partial charge in [-0.15, -0.1) is 0 Å². The highest BCUT2D eigenvalue weighted by Crippen LogP contribution is 2.34. The fourth-order valence-electron chi connectivity index (χ4n) is 3.24. The predicted molar refractivity (Wildman–Crippen MR) is 106 cm³/mol. The molecule has 1 aliphatic rings. The highest BCUT2D eigenvalue weighted by molar-refractivity contribution is 6.34. The van der Waals surface area contributed by atoms with Crippen LogP contribution in [0.5, 0.6) is 0 Å². The Kier molecular flexibility index (Phi) is 5.51. The lowest BCUT2D eigenvalue weighted by atomic mass is 10.0. The topological polar surface area (TPSA) is 123 Å². The molecule has 2 aromatic rings. The molecular formula is C20H21FN4O4. The van der Waals surface area contributed by atoms with Crippen LogP contribution < -0.4 is 16.0 Å². The molecule has 0 spiro atoms. The molecule has 0 bridgehead atoms. The number of aliphatic hydroxyl groups is 1. The first-order valence-electron chi connectivity index (χ1n) is 8.93. The maximum absolute atomic E-state index is 13.6. The molecule has 29 heavy (non-hydrogen) atoms. The van der Waals surface area contributed by atoms with E-state index in [2.05, 4.69) is 20.9 Å². The highest BCUT2D eigenvalue weighted by Gasteiger charge is 2.26. The fraction of sp³-hybridized carbons (Fsp3) is 0.250. The number of likely N-dealkylation sites (N-methyl/N-ethyl adjacent to an activating group) is 1. The lowest BCUT2D eigenvalue weighted by Crippen LogP contribution is -2.41. The molecular weight excluding hydrogens is 379 g/mol. The Morgan fingerprint density at radius 3 is 2.72 bits per heavy atom. The second kappa shape index (κ2) is 7.88. The summed E-state index contributed by atoms with van der Waals surface area (Å²) in [5.74, 6) is -1.89. The van der Waals surface area contributed by atoms with E-state index in [9.17, 15) is 23.9 Å². The first kappa shape index (κ1) is 20.3. The van der Waals surface area contributed by atoms with Gasteiger partial charge in [-0.1, -0.05) is 0 Å². The number of benzene rings is 1. The number of rotatable bonds is 5. The van der Waals surface area contributed by atoms with Crippen LogP contribution in [0.1, 0.15) is 32.9 Å². The highest BCUT2D eigenvalue weighted by atomic mass is 19.1. The molecule has 3 amide bonds. The Morgan fingerprint density at radius 2 is 2.03 bits per heavy atom. The normalized spacial score (nSPS) is 15.1. The van der Waals surface area contributed by atoms with Gasteiger partial charge in [0, 0.05) is 29.7 Å². The molecule has 0 fully saturated rings. The number of hydrogen-bond donors (Lipinski definition) is 5. The second-order valence-electron chi connectivity index (χ2n) is 6.71. The smallest absolute Gasteiger partial charge is 0.256 e. The Morgan fingerprint density at radius 1 is 1.31 bits per heavy atom. The number of aliphatic hydroxyl groups excluding tert-OH is 1. The van der Waals surface area contributed by atoms with Crippen molar-refractivity contribution in [2.24, 2.45) is 0 Å². The van der Waals surface area contributed by atoms with E-state index in [-0.39, 0.29) is 18.0 Å². The van der Waals surface area contributed by atoms with Crippen LogP contribution in [0.4, 0.5) is 10.1 Å². The summed E-state index contributed by atoms with van der Waals surface area (Å²) < 4.78 is 13.6. The first-order chi connectivity index (χ1) is 13.7. The number of carbonyl (C=O) groups excluding carboxylic acids is 3. The number of nitrogens with one attached hydrogen (secondary N) is 4. The summed E-state index contributed by atoms with van der Waals surface area (Å²) in [6.45, 7) is 3.16. The third-order valence-corrected chi connectivity index (χ3v) is 4.76. The monoisotopic (exact) mass is 400 g/mol. The van der Waals surface area contributed by atoms with Crippen molar-refractivity contribution in [3.8, 4) is 0 Å². The molecule has 0 saturated heterocycles. The summed E-state index contributed by atoms with van der Waals surface area (Å²) >= 11 is 0. The second-order valence-corrected chi connectivity index (χ2v) is 6.71. The number of fused-ring (bicyclic) bond motifs is 1. The van der Waals surface area contributed by atoms with Crippen molar-refractivity contribution >= 4 is 35.1 Å². The molecule has 0 radical (unpaired) electrons. The van der Waals surface area contributed by atoms with Gasteiger partial charge in [0.2, 0.25) is 5.91 Å². The summed E-state index contributed by atoms with van der Waals surface area (Å²) in [5, 5.41) is 17.2. The van der Waals surface area contributed by atoms with Crippen LogP contribution in [0.2, 0.25) is 0 Å². The van der Waals surface area contributed by atoms with E-state index in [1.54, 1.807) is 19.9 Å². The van der Waals surface area contributed by atoms with E-state index in [0.29, 0.717) is 33.8 Å². The van der Waals surface area contributed by atoms with Crippen molar-refractivity contribution in [2.75, 3.05) is 18.9 Å². The van der Waals surface area contributed by atoms with Crippen molar-refractivity contribution in [1.29, 1.82) is 0 Å². The van der Waals surface area contributed by atoms with Gasteiger partial charge in [0.1, 0.15) is 11.9 Å². The zero-order valence-electron chi connectivity index (χ0n) is 16.1. The molecule has 1 aromatic heterocycles. The van der Waals surface area contributed by atoms with Crippen LogP contribution in [-0.2, 0) is 9.59 Å². The summed E-state index contributed by atoms with van der Waals surface area (Å²) in [4.78, 5) is 39.2. The number of aromatic amines is 1. The van der Waals surface area contributed by atoms with Gasteiger partial charge in [-0.25, -0.2) is 4.39 Å². The molecule has 9 heteroatoms. The lowest BCUT2D eigenvalue weighted by molar-refractivity contribution is -0.128. The Balaban J connectivity index is 1.88. The Hall–Kier alpha value is -3.46. The average Bonchev–Trinajstić information content (AvgIpc) is 3.14. The van der Waals surface area contributed by atoms with Gasteiger partial charge in [-0.2, -0.15) is 0 Å². The van der Waals surface area contributed by atoms with Gasteiger partial charge in [0.15, 0.2) is 0 Å². The maximum atomic E-state index is 13.6. The van der Waals surface area contributed by atoms with Crippen LogP contribution in [0, 0.1) is 19.7 Å². The number of aromatic nitrogens is 1. The van der Waals surface area contributed by atoms with Crippen molar-refractivity contribution < 1.29 is 23.9 Å². The lowest BCUT2D eigenvalue weighted by Gasteiger charge is -2.10. The van der Waals surface area contributed by atoms with Gasteiger partial charge in [-0.3, -0.25) is 14.4 Å². The Bertz CT molecular complexity index is 1040. The van der Waals surface area contributed by atoms with Crippen molar-refractivity contribution in [3.63, 3.8) is 0 Å². The van der Waals surface area contributed by atoms with Crippen LogP contribution >= 0.6 is 0 Å². The van der Waals surface area contributed by atoms with E-state index in [1.807, 2.05) is 0 Å². The predicted octanol–water partition coefficient (Wildman–Crippen LogP) is 1.10.